The van der Waals surface area contributed by atoms with Gasteiger partial charge in [-0.05, 0) is 13.1 Å². The van der Waals surface area contributed by atoms with Gasteiger partial charge in [-0.2, -0.15) is 0 Å². The molecule has 2 heteroatoms. The fourth-order valence-electron chi connectivity index (χ4n) is 0.102. The van der Waals surface area contributed by atoms with Crippen molar-refractivity contribution in [1.82, 2.24) is 5.32 Å². The standard InChI is InChI=1S/C4H8NP/c1-3-4(6)5-2/h3,5-6H,1H2,2H3. The fourth-order valence-corrected chi connectivity index (χ4v) is 0.102. The van der Waals surface area contributed by atoms with Crippen molar-refractivity contribution < 1.29 is 0 Å². The molecule has 6 heavy (non-hydrogen) atoms. The minimum atomic E-state index is 0.912. The lowest BCUT2D eigenvalue weighted by atomic mass is 10.6. The molecule has 0 rings (SSSR count). The highest BCUT2D eigenvalue weighted by atomic mass is 31.0. The molecule has 0 saturated heterocycles. The maximum atomic E-state index is 3.48. The van der Waals surface area contributed by atoms with Crippen molar-refractivity contribution in [3.8, 4) is 0 Å². The number of hydrogen-bond acceptors (Lipinski definition) is 0. The third kappa shape index (κ3) is 2.13. The highest BCUT2D eigenvalue weighted by Gasteiger charge is 1.70. The van der Waals surface area contributed by atoms with Gasteiger partial charge in [0, 0.05) is 5.42 Å². The van der Waals surface area contributed by atoms with E-state index in [1.54, 1.807) is 6.08 Å². The lowest BCUT2D eigenvalue weighted by Gasteiger charge is -1.86. The summed E-state index contributed by atoms with van der Waals surface area (Å²) in [7, 11) is 5.03. The van der Waals surface area contributed by atoms with Crippen molar-refractivity contribution in [2.75, 3.05) is 7.05 Å². The fraction of sp³-hybridized carbons (Fsp3) is 0.250. The topological polar surface area (TPSA) is 12.0 Å². The van der Waals surface area contributed by atoms with Crippen LogP contribution in [0.3, 0.4) is 0 Å². The van der Waals surface area contributed by atoms with E-state index in [9.17, 15) is 0 Å². The molecule has 0 aliphatic heterocycles. The van der Waals surface area contributed by atoms with Crippen LogP contribution in [-0.2, 0) is 0 Å². The summed E-state index contributed by atoms with van der Waals surface area (Å²) in [6.45, 7) is 3.48. The lowest BCUT2D eigenvalue weighted by molar-refractivity contribution is 1.21. The summed E-state index contributed by atoms with van der Waals surface area (Å²) in [5, 5.41) is 2.83. The zero-order chi connectivity index (χ0) is 4.99. The summed E-state index contributed by atoms with van der Waals surface area (Å²) >= 11 is 0. The van der Waals surface area contributed by atoms with E-state index >= 15 is 0 Å². The van der Waals surface area contributed by atoms with Gasteiger partial charge < -0.3 is 0 Å². The van der Waals surface area contributed by atoms with Gasteiger partial charge in [0.05, 0.1) is 0 Å². The Labute approximate surface area is 40.3 Å². The summed E-state index contributed by atoms with van der Waals surface area (Å²) in [4.78, 5) is 0. The summed E-state index contributed by atoms with van der Waals surface area (Å²) in [6, 6.07) is 0. The average Bonchev–Trinajstić information content (AvgIpc) is 1.65. The van der Waals surface area contributed by atoms with Gasteiger partial charge in [-0.1, -0.05) is 6.58 Å². The molecule has 1 nitrogen and oxygen atoms in total. The van der Waals surface area contributed by atoms with E-state index in [0.717, 1.165) is 5.42 Å². The Kier molecular flexibility index (Phi) is 3.01. The first kappa shape index (κ1) is 5.87. The van der Waals surface area contributed by atoms with Crippen molar-refractivity contribution in [1.29, 1.82) is 0 Å². The van der Waals surface area contributed by atoms with E-state index in [-0.39, 0.29) is 0 Å². The summed E-state index contributed by atoms with van der Waals surface area (Å²) in [5.74, 6) is 0. The van der Waals surface area contributed by atoms with Crippen LogP contribution < -0.4 is 5.32 Å². The largest absolute Gasteiger partial charge is 0.288 e. The number of likely N-dealkylation sites (N-methyl/N-ethyl adjacent to an activating group) is 1. The Morgan fingerprint density at radius 3 is 2.50 bits per heavy atom. The second-order valence-electron chi connectivity index (χ2n) is 0.868. The molecule has 0 bridgehead atoms. The predicted octanol–water partition coefficient (Wildman–Crippen LogP) is 0.664. The Morgan fingerprint density at radius 2 is 2.50 bits per heavy atom. The molecule has 0 aromatic carbocycles. The monoisotopic (exact) mass is 101 g/mol. The molecule has 0 spiro atoms. The van der Waals surface area contributed by atoms with E-state index in [0.29, 0.717) is 0 Å². The van der Waals surface area contributed by atoms with Gasteiger partial charge in [0.2, 0.25) is 0 Å². The Balaban J connectivity index is 3.23. The molecular formula is C4H8NP. The molecule has 0 saturated carbocycles. The van der Waals surface area contributed by atoms with Gasteiger partial charge in [-0.25, -0.2) is 0 Å². The van der Waals surface area contributed by atoms with E-state index in [1.807, 2.05) is 7.05 Å². The molecule has 0 amide bonds. The van der Waals surface area contributed by atoms with Crippen LogP contribution in [0, 0.1) is 0 Å². The average molecular weight is 101 g/mol. The van der Waals surface area contributed by atoms with Crippen LogP contribution in [0.4, 0.5) is 0 Å². The Bertz CT molecular complexity index is 67.9. The molecule has 1 N–H and O–H groups in total. The smallest absolute Gasteiger partial charge is 0.0338 e. The summed E-state index contributed by atoms with van der Waals surface area (Å²) in [6.07, 6.45) is 1.69. The maximum Gasteiger partial charge on any atom is 0.0338 e. The quantitative estimate of drug-likeness (QED) is 0.504. The molecule has 0 atom stereocenters. The van der Waals surface area contributed by atoms with E-state index in [2.05, 4.69) is 20.8 Å². The van der Waals surface area contributed by atoms with Gasteiger partial charge in [0.25, 0.3) is 0 Å². The highest BCUT2D eigenvalue weighted by Crippen LogP contribution is 1.69. The van der Waals surface area contributed by atoms with Crippen LogP contribution in [0.15, 0.2) is 12.7 Å². The van der Waals surface area contributed by atoms with Crippen molar-refractivity contribution in [3.05, 3.63) is 12.7 Å². The molecule has 0 heterocycles. The zero-order valence-electron chi connectivity index (χ0n) is 3.78. The van der Waals surface area contributed by atoms with Crippen LogP contribution in [0.2, 0.25) is 0 Å². The first-order chi connectivity index (χ1) is 2.81. The normalized spacial score (nSPS) is 7.50. The number of rotatable bonds is 2. The summed E-state index contributed by atoms with van der Waals surface area (Å²) in [5.41, 5.74) is 0.912. The first-order valence-corrected chi connectivity index (χ1v) is 2.20. The lowest BCUT2D eigenvalue weighted by Crippen LogP contribution is -2.10. The van der Waals surface area contributed by atoms with Gasteiger partial charge in [-0.15, -0.1) is 8.86 Å². The van der Waals surface area contributed by atoms with E-state index in [4.69, 9.17) is 0 Å². The first-order valence-electron chi connectivity index (χ1n) is 1.70. The van der Waals surface area contributed by atoms with Crippen molar-refractivity contribution >= 4 is 14.3 Å². The SMILES string of the molecule is C=CC(=P)NC. The Morgan fingerprint density at radius 1 is 2.00 bits per heavy atom. The minimum Gasteiger partial charge on any atom is -0.288 e. The van der Waals surface area contributed by atoms with Crippen LogP contribution in [0.1, 0.15) is 0 Å². The van der Waals surface area contributed by atoms with Crippen LogP contribution in [0.25, 0.3) is 0 Å². The van der Waals surface area contributed by atoms with Gasteiger partial charge in [0.1, 0.15) is 0 Å². The molecule has 0 aromatic heterocycles. The van der Waals surface area contributed by atoms with E-state index in [1.165, 1.54) is 0 Å². The Hall–Kier alpha value is -0.130. The van der Waals surface area contributed by atoms with Gasteiger partial charge >= 0.3 is 0 Å². The highest BCUT2D eigenvalue weighted by molar-refractivity contribution is 7.21. The molecule has 0 unspecified atom stereocenters. The predicted molar refractivity (Wildman–Crippen MR) is 32.6 cm³/mol. The van der Waals surface area contributed by atoms with Crippen LogP contribution in [0.5, 0.6) is 0 Å². The molecular weight excluding hydrogens is 93.0 g/mol. The minimum absolute atomic E-state index is 0.912. The van der Waals surface area contributed by atoms with Crippen molar-refractivity contribution in [3.63, 3.8) is 0 Å². The molecule has 0 aliphatic carbocycles. The zero-order valence-corrected chi connectivity index (χ0v) is 4.78. The molecule has 0 aliphatic rings. The molecule has 34 valence electrons. The number of nitrogens with one attached hydrogen (secondary N) is 1. The second kappa shape index (κ2) is 3.08. The molecule has 0 aromatic rings. The van der Waals surface area contributed by atoms with Crippen molar-refractivity contribution in [2.24, 2.45) is 0 Å². The van der Waals surface area contributed by atoms with Crippen LogP contribution in [-0.4, -0.2) is 12.5 Å². The molecule has 0 radical (unpaired) electrons. The van der Waals surface area contributed by atoms with Crippen molar-refractivity contribution in [2.45, 2.75) is 0 Å². The maximum absolute atomic E-state index is 3.48. The third-order valence-corrected chi connectivity index (χ3v) is 0.928. The van der Waals surface area contributed by atoms with Crippen LogP contribution >= 0.6 is 8.86 Å². The summed E-state index contributed by atoms with van der Waals surface area (Å²) < 4.78 is 0. The second-order valence-corrected chi connectivity index (χ2v) is 1.41. The van der Waals surface area contributed by atoms with Gasteiger partial charge in [0.15, 0.2) is 0 Å². The molecule has 0 fully saturated rings. The van der Waals surface area contributed by atoms with E-state index < -0.39 is 0 Å². The third-order valence-electron chi connectivity index (χ3n) is 0.473. The van der Waals surface area contributed by atoms with Gasteiger partial charge in [-0.3, -0.25) is 5.32 Å². The number of hydrogen-bond donors (Lipinski definition) is 1.